The van der Waals surface area contributed by atoms with E-state index in [1.54, 1.807) is 19.1 Å². The number of carbonyl (C=O) groups excluding carboxylic acids is 2. The number of ketones is 1. The Morgan fingerprint density at radius 2 is 2.00 bits per heavy atom. The molecule has 1 amide bonds. The summed E-state index contributed by atoms with van der Waals surface area (Å²) in [6.45, 7) is 8.69. The second kappa shape index (κ2) is 5.88. The highest BCUT2D eigenvalue weighted by Gasteiger charge is 2.22. The van der Waals surface area contributed by atoms with Gasteiger partial charge in [-0.25, -0.2) is 9.78 Å². The summed E-state index contributed by atoms with van der Waals surface area (Å²) in [5.74, 6) is 0.410. The normalized spacial score (nSPS) is 11.3. The highest BCUT2D eigenvalue weighted by Crippen LogP contribution is 2.24. The summed E-state index contributed by atoms with van der Waals surface area (Å²) in [6.07, 6.45) is -0.645. The van der Waals surface area contributed by atoms with E-state index in [1.165, 1.54) is 23.2 Å². The lowest BCUT2D eigenvalue weighted by Crippen LogP contribution is -2.44. The van der Waals surface area contributed by atoms with Gasteiger partial charge in [0.05, 0.1) is 0 Å². The van der Waals surface area contributed by atoms with Crippen LogP contribution < -0.4 is 10.2 Å². The summed E-state index contributed by atoms with van der Waals surface area (Å²) < 4.78 is 5.30. The molecule has 0 saturated carbocycles. The zero-order chi connectivity index (χ0) is 16.5. The van der Waals surface area contributed by atoms with Crippen LogP contribution in [0.25, 0.3) is 10.7 Å². The summed E-state index contributed by atoms with van der Waals surface area (Å²) in [7, 11) is 0. The van der Waals surface area contributed by atoms with Crippen LogP contribution in [0.1, 0.15) is 44.0 Å². The standard InChI is InChI=1S/C14H18N4O3S/c1-8(19)10-6-7-11(12-15-9(2)17-22-12)18(10)21-13(20)16-14(3,4)5/h6-7H,1-5H3,(H,16,20). The number of Topliss-reactive ketones (excluding diaryl/α,β-unsaturated/α-hetero) is 1. The fourth-order valence-corrected chi connectivity index (χ4v) is 2.43. The van der Waals surface area contributed by atoms with Crippen molar-refractivity contribution in [2.24, 2.45) is 0 Å². The first-order valence-electron chi connectivity index (χ1n) is 6.71. The molecule has 2 aromatic rings. The van der Waals surface area contributed by atoms with Crippen LogP contribution in [-0.2, 0) is 0 Å². The molecule has 2 heterocycles. The van der Waals surface area contributed by atoms with Crippen LogP contribution in [0.3, 0.4) is 0 Å². The van der Waals surface area contributed by atoms with Gasteiger partial charge in [-0.3, -0.25) is 4.79 Å². The minimum Gasteiger partial charge on any atom is -0.316 e. The highest BCUT2D eigenvalue weighted by molar-refractivity contribution is 7.09. The lowest BCUT2D eigenvalue weighted by atomic mass is 10.1. The molecule has 0 aromatic carbocycles. The molecule has 0 atom stereocenters. The fourth-order valence-electron chi connectivity index (χ4n) is 1.75. The van der Waals surface area contributed by atoms with Gasteiger partial charge in [0, 0.05) is 12.5 Å². The molecule has 0 saturated heterocycles. The number of nitrogens with zero attached hydrogens (tertiary/aromatic N) is 3. The van der Waals surface area contributed by atoms with Crippen molar-refractivity contribution in [1.29, 1.82) is 0 Å². The maximum atomic E-state index is 12.0. The van der Waals surface area contributed by atoms with Crippen molar-refractivity contribution in [3.63, 3.8) is 0 Å². The predicted octanol–water partition coefficient (Wildman–Crippen LogP) is 2.45. The molecule has 0 spiro atoms. The van der Waals surface area contributed by atoms with E-state index in [4.69, 9.17) is 4.84 Å². The molecule has 22 heavy (non-hydrogen) atoms. The lowest BCUT2D eigenvalue weighted by molar-refractivity contribution is 0.0951. The van der Waals surface area contributed by atoms with E-state index in [2.05, 4.69) is 14.7 Å². The quantitative estimate of drug-likeness (QED) is 0.877. The third-order valence-electron chi connectivity index (χ3n) is 2.60. The van der Waals surface area contributed by atoms with Gasteiger partial charge < -0.3 is 10.2 Å². The zero-order valence-electron chi connectivity index (χ0n) is 13.1. The first-order chi connectivity index (χ1) is 10.2. The molecule has 8 heteroatoms. The van der Waals surface area contributed by atoms with E-state index in [1.807, 2.05) is 20.8 Å². The van der Waals surface area contributed by atoms with Crippen molar-refractivity contribution in [2.45, 2.75) is 40.2 Å². The average Bonchev–Trinajstić information content (AvgIpc) is 2.92. The zero-order valence-corrected chi connectivity index (χ0v) is 13.9. The van der Waals surface area contributed by atoms with Crippen molar-refractivity contribution < 1.29 is 14.4 Å². The van der Waals surface area contributed by atoms with E-state index in [-0.39, 0.29) is 11.5 Å². The van der Waals surface area contributed by atoms with Crippen molar-refractivity contribution >= 4 is 23.4 Å². The molecule has 1 N–H and O–H groups in total. The number of rotatable bonds is 3. The van der Waals surface area contributed by atoms with Gasteiger partial charge in [-0.05, 0) is 51.4 Å². The third-order valence-corrected chi connectivity index (χ3v) is 3.42. The van der Waals surface area contributed by atoms with Crippen molar-refractivity contribution in [3.05, 3.63) is 23.7 Å². The van der Waals surface area contributed by atoms with Gasteiger partial charge in [0.2, 0.25) is 0 Å². The summed E-state index contributed by atoms with van der Waals surface area (Å²) in [5, 5.41) is 3.26. The summed E-state index contributed by atoms with van der Waals surface area (Å²) in [6, 6.07) is 3.28. The Bertz CT molecular complexity index is 712. The first-order valence-corrected chi connectivity index (χ1v) is 7.48. The van der Waals surface area contributed by atoms with Crippen LogP contribution in [0.5, 0.6) is 0 Å². The largest absolute Gasteiger partial charge is 0.432 e. The number of hydrogen-bond acceptors (Lipinski definition) is 6. The summed E-state index contributed by atoms with van der Waals surface area (Å²) in [4.78, 5) is 33.3. The Balaban J connectivity index is 2.37. The number of nitrogens with one attached hydrogen (secondary N) is 1. The molecule has 0 aliphatic heterocycles. The maximum Gasteiger partial charge on any atom is 0.432 e. The molecule has 0 fully saturated rings. The fraction of sp³-hybridized carbons (Fsp3) is 0.429. The first kappa shape index (κ1) is 16.2. The van der Waals surface area contributed by atoms with Crippen LogP contribution >= 0.6 is 11.5 Å². The molecule has 0 aliphatic carbocycles. The maximum absolute atomic E-state index is 12.0. The van der Waals surface area contributed by atoms with Gasteiger partial charge in [0.25, 0.3) is 0 Å². The van der Waals surface area contributed by atoms with Crippen LogP contribution in [-0.4, -0.2) is 31.5 Å². The van der Waals surface area contributed by atoms with E-state index in [0.717, 1.165) is 0 Å². The Kier molecular flexibility index (Phi) is 4.32. The van der Waals surface area contributed by atoms with E-state index < -0.39 is 11.6 Å². The molecule has 0 aliphatic rings. The van der Waals surface area contributed by atoms with Crippen LogP contribution in [0.4, 0.5) is 4.79 Å². The minimum absolute atomic E-state index is 0.212. The second-order valence-electron chi connectivity index (χ2n) is 5.85. The Morgan fingerprint density at radius 1 is 1.32 bits per heavy atom. The second-order valence-corrected chi connectivity index (χ2v) is 6.61. The smallest absolute Gasteiger partial charge is 0.316 e. The van der Waals surface area contributed by atoms with Gasteiger partial charge in [-0.15, -0.1) is 0 Å². The number of aryl methyl sites for hydroxylation is 1. The van der Waals surface area contributed by atoms with Crippen molar-refractivity contribution in [2.75, 3.05) is 0 Å². The molecular weight excluding hydrogens is 304 g/mol. The lowest BCUT2D eigenvalue weighted by Gasteiger charge is -2.20. The topological polar surface area (TPSA) is 86.1 Å². The minimum atomic E-state index is -0.645. The molecule has 7 nitrogen and oxygen atoms in total. The number of carbonyl (C=O) groups is 2. The van der Waals surface area contributed by atoms with Crippen molar-refractivity contribution in [3.8, 4) is 10.7 Å². The van der Waals surface area contributed by atoms with Crippen LogP contribution in [0.2, 0.25) is 0 Å². The number of hydrogen-bond donors (Lipinski definition) is 1. The van der Waals surface area contributed by atoms with Gasteiger partial charge >= 0.3 is 6.09 Å². The van der Waals surface area contributed by atoms with Crippen LogP contribution in [0, 0.1) is 6.92 Å². The monoisotopic (exact) mass is 322 g/mol. The Hall–Kier alpha value is -2.22. The van der Waals surface area contributed by atoms with E-state index in [0.29, 0.717) is 16.5 Å². The molecule has 2 aromatic heterocycles. The van der Waals surface area contributed by atoms with Gasteiger partial charge in [0.15, 0.2) is 10.8 Å². The van der Waals surface area contributed by atoms with Gasteiger partial charge in [0.1, 0.15) is 17.2 Å². The van der Waals surface area contributed by atoms with Gasteiger partial charge in [-0.2, -0.15) is 9.10 Å². The molecular formula is C14H18N4O3S. The Labute approximate surface area is 132 Å². The third kappa shape index (κ3) is 3.70. The molecule has 0 bridgehead atoms. The predicted molar refractivity (Wildman–Crippen MR) is 82.9 cm³/mol. The molecule has 0 radical (unpaired) electrons. The molecule has 0 unspecified atom stereocenters. The highest BCUT2D eigenvalue weighted by atomic mass is 32.1. The number of amides is 1. The Morgan fingerprint density at radius 3 is 2.50 bits per heavy atom. The molecule has 118 valence electrons. The van der Waals surface area contributed by atoms with Crippen LogP contribution in [0.15, 0.2) is 12.1 Å². The SMILES string of the molecule is CC(=O)c1ccc(-c2nc(C)ns2)n1OC(=O)NC(C)(C)C. The summed E-state index contributed by atoms with van der Waals surface area (Å²) >= 11 is 1.18. The average molecular weight is 322 g/mol. The summed E-state index contributed by atoms with van der Waals surface area (Å²) in [5.41, 5.74) is 0.340. The molecule has 2 rings (SSSR count). The van der Waals surface area contributed by atoms with E-state index in [9.17, 15) is 9.59 Å². The van der Waals surface area contributed by atoms with Crippen molar-refractivity contribution in [1.82, 2.24) is 19.4 Å². The van der Waals surface area contributed by atoms with E-state index >= 15 is 0 Å². The number of aromatic nitrogens is 3. The van der Waals surface area contributed by atoms with Gasteiger partial charge in [-0.1, -0.05) is 0 Å².